The number of nitrogens with zero attached hydrogens (tertiary/aromatic N) is 4. The van der Waals surface area contributed by atoms with E-state index < -0.39 is 0 Å². The van der Waals surface area contributed by atoms with Crippen molar-refractivity contribution in [2.24, 2.45) is 0 Å². The molecule has 0 bridgehead atoms. The predicted molar refractivity (Wildman–Crippen MR) is 95.1 cm³/mol. The van der Waals surface area contributed by atoms with E-state index in [0.29, 0.717) is 19.8 Å². The van der Waals surface area contributed by atoms with Crippen molar-refractivity contribution in [3.63, 3.8) is 0 Å². The fraction of sp³-hybridized carbons (Fsp3) is 0.412. The van der Waals surface area contributed by atoms with Gasteiger partial charge in [0.1, 0.15) is 11.6 Å². The van der Waals surface area contributed by atoms with Crippen LogP contribution in [0.1, 0.15) is 18.3 Å². The van der Waals surface area contributed by atoms with Crippen molar-refractivity contribution < 1.29 is 4.74 Å². The van der Waals surface area contributed by atoms with Gasteiger partial charge in [-0.1, -0.05) is 18.2 Å². The van der Waals surface area contributed by atoms with Crippen molar-refractivity contribution in [1.82, 2.24) is 19.2 Å². The number of allylic oxidation sites excluding steroid dienone is 1. The predicted octanol–water partition coefficient (Wildman–Crippen LogP) is 3.40. The van der Waals surface area contributed by atoms with Crippen LogP contribution in [0, 0.1) is 11.7 Å². The van der Waals surface area contributed by atoms with Gasteiger partial charge in [0.25, 0.3) is 0 Å². The lowest BCUT2D eigenvalue weighted by molar-refractivity contribution is 0.243. The summed E-state index contributed by atoms with van der Waals surface area (Å²) in [5.74, 6) is 1.81. The van der Waals surface area contributed by atoms with E-state index in [9.17, 15) is 0 Å². The van der Waals surface area contributed by atoms with Crippen molar-refractivity contribution in [1.29, 1.82) is 0 Å². The van der Waals surface area contributed by atoms with Crippen molar-refractivity contribution in [2.45, 2.75) is 33.6 Å². The molecule has 1 aromatic heterocycles. The lowest BCUT2D eigenvalue weighted by Gasteiger charge is -2.16. The summed E-state index contributed by atoms with van der Waals surface area (Å²) in [6.45, 7) is 10.5. The standard InChI is InChI=1S/C17H24N4OS/c1-5-11-20-14(3)18-21(17(20)23)13-19(4)12-15-7-9-16(10-8-15)22-6-2/h5,7-10H,1,6,11-13H2,2-4H3. The highest BCUT2D eigenvalue weighted by Gasteiger charge is 2.08. The fourth-order valence-electron chi connectivity index (χ4n) is 2.43. The van der Waals surface area contributed by atoms with E-state index in [1.807, 2.05) is 41.3 Å². The van der Waals surface area contributed by atoms with Gasteiger partial charge in [0.05, 0.1) is 13.3 Å². The lowest BCUT2D eigenvalue weighted by Crippen LogP contribution is -2.22. The molecule has 0 unspecified atom stereocenters. The van der Waals surface area contributed by atoms with Gasteiger partial charge in [-0.25, -0.2) is 4.68 Å². The molecule has 124 valence electrons. The molecular weight excluding hydrogens is 308 g/mol. The SMILES string of the molecule is C=CCn1c(C)nn(CN(C)Cc2ccc(OCC)cc2)c1=S. The molecule has 0 atom stereocenters. The maximum absolute atomic E-state index is 5.48. The van der Waals surface area contributed by atoms with Gasteiger partial charge in [-0.15, -0.1) is 6.58 Å². The minimum Gasteiger partial charge on any atom is -0.494 e. The Kier molecular flexibility index (Phi) is 6.12. The van der Waals surface area contributed by atoms with E-state index in [0.717, 1.165) is 22.9 Å². The van der Waals surface area contributed by atoms with Gasteiger partial charge in [-0.2, -0.15) is 5.10 Å². The van der Waals surface area contributed by atoms with Crippen LogP contribution in [-0.4, -0.2) is 32.9 Å². The molecule has 0 spiro atoms. The van der Waals surface area contributed by atoms with Crippen LogP contribution in [0.2, 0.25) is 0 Å². The Morgan fingerprint density at radius 2 is 2.04 bits per heavy atom. The number of rotatable bonds is 8. The third kappa shape index (κ3) is 4.53. The van der Waals surface area contributed by atoms with Crippen molar-refractivity contribution >= 4 is 12.2 Å². The van der Waals surface area contributed by atoms with Crippen LogP contribution in [0.15, 0.2) is 36.9 Å². The van der Waals surface area contributed by atoms with Crippen LogP contribution in [0.5, 0.6) is 5.75 Å². The molecule has 23 heavy (non-hydrogen) atoms. The Morgan fingerprint density at radius 3 is 2.65 bits per heavy atom. The van der Waals surface area contributed by atoms with Crippen LogP contribution in [-0.2, 0) is 19.8 Å². The molecule has 0 fully saturated rings. The highest BCUT2D eigenvalue weighted by molar-refractivity contribution is 7.71. The van der Waals surface area contributed by atoms with Gasteiger partial charge in [-0.05, 0) is 50.8 Å². The zero-order valence-corrected chi connectivity index (χ0v) is 14.8. The molecule has 0 aliphatic carbocycles. The first-order valence-corrected chi connectivity index (χ1v) is 8.11. The highest BCUT2D eigenvalue weighted by atomic mass is 32.1. The molecule has 2 aromatic rings. The topological polar surface area (TPSA) is 35.2 Å². The fourth-order valence-corrected chi connectivity index (χ4v) is 2.73. The number of hydrogen-bond donors (Lipinski definition) is 0. The largest absolute Gasteiger partial charge is 0.494 e. The zero-order chi connectivity index (χ0) is 16.8. The molecule has 0 aliphatic rings. The Bertz CT molecular complexity index is 702. The van der Waals surface area contributed by atoms with Crippen LogP contribution < -0.4 is 4.74 Å². The third-order valence-electron chi connectivity index (χ3n) is 3.48. The number of aromatic nitrogens is 3. The van der Waals surface area contributed by atoms with Gasteiger partial charge in [0.2, 0.25) is 0 Å². The van der Waals surface area contributed by atoms with Crippen molar-refractivity contribution in [3.8, 4) is 5.75 Å². The van der Waals surface area contributed by atoms with Crippen LogP contribution in [0.4, 0.5) is 0 Å². The summed E-state index contributed by atoms with van der Waals surface area (Å²) in [6, 6.07) is 8.17. The van der Waals surface area contributed by atoms with Gasteiger partial charge in [0.15, 0.2) is 4.77 Å². The molecule has 0 N–H and O–H groups in total. The minimum absolute atomic E-state index is 0.650. The van der Waals surface area contributed by atoms with E-state index in [2.05, 4.69) is 35.8 Å². The van der Waals surface area contributed by atoms with E-state index in [1.54, 1.807) is 0 Å². The van der Waals surface area contributed by atoms with E-state index in [4.69, 9.17) is 17.0 Å². The summed E-state index contributed by atoms with van der Waals surface area (Å²) in [7, 11) is 2.06. The van der Waals surface area contributed by atoms with Crippen LogP contribution in [0.25, 0.3) is 0 Å². The second kappa shape index (κ2) is 8.08. The summed E-state index contributed by atoms with van der Waals surface area (Å²) < 4.78 is 10.0. The maximum Gasteiger partial charge on any atom is 0.199 e. The van der Waals surface area contributed by atoms with Crippen molar-refractivity contribution in [3.05, 3.63) is 53.1 Å². The molecule has 1 heterocycles. The smallest absolute Gasteiger partial charge is 0.199 e. The number of hydrogen-bond acceptors (Lipinski definition) is 4. The van der Waals surface area contributed by atoms with Crippen LogP contribution >= 0.6 is 12.2 Å². The first kappa shape index (κ1) is 17.4. The third-order valence-corrected chi connectivity index (χ3v) is 3.91. The summed E-state index contributed by atoms with van der Waals surface area (Å²) >= 11 is 5.48. The van der Waals surface area contributed by atoms with Gasteiger partial charge in [0, 0.05) is 13.1 Å². The van der Waals surface area contributed by atoms with Crippen LogP contribution in [0.3, 0.4) is 0 Å². The summed E-state index contributed by atoms with van der Waals surface area (Å²) in [5, 5.41) is 4.51. The van der Waals surface area contributed by atoms with E-state index in [-0.39, 0.29) is 0 Å². The minimum atomic E-state index is 0.650. The Labute approximate surface area is 142 Å². The Morgan fingerprint density at radius 1 is 1.35 bits per heavy atom. The van der Waals surface area contributed by atoms with E-state index in [1.165, 1.54) is 5.56 Å². The normalized spacial score (nSPS) is 11.0. The molecule has 2 rings (SSSR count). The molecular formula is C17H24N4OS. The monoisotopic (exact) mass is 332 g/mol. The maximum atomic E-state index is 5.48. The van der Waals surface area contributed by atoms with Gasteiger partial charge < -0.3 is 9.30 Å². The average Bonchev–Trinajstić information content (AvgIpc) is 2.77. The van der Waals surface area contributed by atoms with Crippen molar-refractivity contribution in [2.75, 3.05) is 13.7 Å². The lowest BCUT2D eigenvalue weighted by atomic mass is 10.2. The quantitative estimate of drug-likeness (QED) is 0.548. The Hall–Kier alpha value is -1.92. The summed E-state index contributed by atoms with van der Waals surface area (Å²) in [6.07, 6.45) is 1.83. The first-order valence-electron chi connectivity index (χ1n) is 7.70. The molecule has 0 saturated heterocycles. The second-order valence-electron chi connectivity index (χ2n) is 5.46. The molecule has 0 amide bonds. The summed E-state index contributed by atoms with van der Waals surface area (Å²) in [4.78, 5) is 2.18. The first-order chi connectivity index (χ1) is 11.0. The number of aryl methyl sites for hydroxylation is 1. The van der Waals surface area contributed by atoms with Gasteiger partial charge >= 0.3 is 0 Å². The molecule has 0 saturated carbocycles. The Balaban J connectivity index is 2.02. The second-order valence-corrected chi connectivity index (χ2v) is 5.83. The zero-order valence-electron chi connectivity index (χ0n) is 14.0. The average molecular weight is 332 g/mol. The molecule has 1 aromatic carbocycles. The number of benzene rings is 1. The molecule has 0 radical (unpaired) electrons. The summed E-state index contributed by atoms with van der Waals surface area (Å²) in [5.41, 5.74) is 1.23. The van der Waals surface area contributed by atoms with Gasteiger partial charge in [-0.3, -0.25) is 4.90 Å². The molecule has 5 nitrogen and oxygen atoms in total. The molecule has 6 heteroatoms. The number of ether oxygens (including phenoxy) is 1. The van der Waals surface area contributed by atoms with E-state index >= 15 is 0 Å². The highest BCUT2D eigenvalue weighted by Crippen LogP contribution is 2.13. The molecule has 0 aliphatic heterocycles.